The second-order valence-corrected chi connectivity index (χ2v) is 7.08. The minimum absolute atomic E-state index is 0.0754. The van der Waals surface area contributed by atoms with Gasteiger partial charge in [-0.3, -0.25) is 9.59 Å². The lowest BCUT2D eigenvalue weighted by Gasteiger charge is -2.28. The summed E-state index contributed by atoms with van der Waals surface area (Å²) in [6, 6.07) is 5.99. The molecule has 0 N–H and O–H groups in total. The van der Waals surface area contributed by atoms with Crippen LogP contribution in [0.2, 0.25) is 0 Å². The Labute approximate surface area is 136 Å². The molecule has 0 aliphatic rings. The lowest BCUT2D eigenvalue weighted by molar-refractivity contribution is -0.153. The Morgan fingerprint density at radius 1 is 1.26 bits per heavy atom. The molecule has 7 heteroatoms. The van der Waals surface area contributed by atoms with E-state index in [9.17, 15) is 18.0 Å². The molecular formula is C16H20O6S. The molecule has 0 amide bonds. The Morgan fingerprint density at radius 2 is 1.83 bits per heavy atom. The molecular weight excluding hydrogens is 320 g/mol. The van der Waals surface area contributed by atoms with Crippen molar-refractivity contribution in [2.24, 2.45) is 0 Å². The van der Waals surface area contributed by atoms with Crippen molar-refractivity contribution in [3.63, 3.8) is 0 Å². The van der Waals surface area contributed by atoms with E-state index >= 15 is 0 Å². The van der Waals surface area contributed by atoms with E-state index in [0.717, 1.165) is 18.6 Å². The van der Waals surface area contributed by atoms with Crippen LogP contribution in [-0.2, 0) is 28.9 Å². The van der Waals surface area contributed by atoms with Crippen molar-refractivity contribution in [2.75, 3.05) is 6.61 Å². The first-order chi connectivity index (χ1) is 10.7. The average molecular weight is 340 g/mol. The maximum Gasteiger partial charge on any atom is 0.311 e. The SMILES string of the molecule is C=CC(CC(=O)OCC)(OC(C)=O)S(=O)(=O)c1ccc(C)cc1. The Balaban J connectivity index is 3.41. The minimum atomic E-state index is -4.20. The molecule has 1 aromatic rings. The zero-order chi connectivity index (χ0) is 17.7. The predicted molar refractivity (Wildman–Crippen MR) is 84.3 cm³/mol. The van der Waals surface area contributed by atoms with E-state index in [1.54, 1.807) is 19.1 Å². The van der Waals surface area contributed by atoms with Gasteiger partial charge in [0.2, 0.25) is 14.8 Å². The van der Waals surface area contributed by atoms with E-state index in [-0.39, 0.29) is 11.5 Å². The third-order valence-electron chi connectivity index (χ3n) is 3.11. The molecule has 1 aromatic carbocycles. The molecule has 0 spiro atoms. The van der Waals surface area contributed by atoms with E-state index in [4.69, 9.17) is 9.47 Å². The van der Waals surface area contributed by atoms with Crippen molar-refractivity contribution in [2.45, 2.75) is 37.0 Å². The van der Waals surface area contributed by atoms with Crippen LogP contribution in [0, 0.1) is 6.92 Å². The van der Waals surface area contributed by atoms with E-state index in [1.807, 2.05) is 6.92 Å². The maximum absolute atomic E-state index is 12.9. The number of benzene rings is 1. The average Bonchev–Trinajstić information content (AvgIpc) is 2.46. The largest absolute Gasteiger partial charge is 0.466 e. The fourth-order valence-corrected chi connectivity index (χ4v) is 3.63. The number of esters is 2. The number of carbonyl (C=O) groups excluding carboxylic acids is 2. The van der Waals surface area contributed by atoms with Crippen molar-refractivity contribution in [1.82, 2.24) is 0 Å². The van der Waals surface area contributed by atoms with Crippen LogP contribution in [0.4, 0.5) is 0 Å². The van der Waals surface area contributed by atoms with Gasteiger partial charge in [0.05, 0.1) is 11.5 Å². The van der Waals surface area contributed by atoms with Gasteiger partial charge in [-0.25, -0.2) is 8.42 Å². The number of carbonyl (C=O) groups is 2. The standard InChI is InChI=1S/C16H20O6S/c1-5-16(22-13(4)17,11-15(18)21-6-2)23(19,20)14-9-7-12(3)8-10-14/h5,7-10H,1,6,11H2,2-4H3. The minimum Gasteiger partial charge on any atom is -0.466 e. The Hall–Kier alpha value is -2.15. The molecule has 1 unspecified atom stereocenters. The Morgan fingerprint density at radius 3 is 2.26 bits per heavy atom. The third-order valence-corrected chi connectivity index (χ3v) is 5.31. The van der Waals surface area contributed by atoms with E-state index in [0.29, 0.717) is 0 Å². The zero-order valence-electron chi connectivity index (χ0n) is 13.4. The first kappa shape index (κ1) is 18.9. The van der Waals surface area contributed by atoms with Crippen molar-refractivity contribution in [3.8, 4) is 0 Å². The molecule has 0 aromatic heterocycles. The zero-order valence-corrected chi connectivity index (χ0v) is 14.2. The van der Waals surface area contributed by atoms with Crippen LogP contribution >= 0.6 is 0 Å². The van der Waals surface area contributed by atoms with Gasteiger partial charge in [-0.05, 0) is 32.1 Å². The van der Waals surface area contributed by atoms with Gasteiger partial charge in [-0.2, -0.15) is 0 Å². The van der Waals surface area contributed by atoms with Crippen LogP contribution in [0.1, 0.15) is 25.8 Å². The number of rotatable bonds is 7. The normalized spacial score (nSPS) is 13.7. The van der Waals surface area contributed by atoms with Crippen LogP contribution in [0.5, 0.6) is 0 Å². The quantitative estimate of drug-likeness (QED) is 0.558. The van der Waals surface area contributed by atoms with E-state index in [1.165, 1.54) is 12.1 Å². The highest BCUT2D eigenvalue weighted by molar-refractivity contribution is 7.93. The molecule has 23 heavy (non-hydrogen) atoms. The summed E-state index contributed by atoms with van der Waals surface area (Å²) in [4.78, 5) is 20.9. The molecule has 6 nitrogen and oxygen atoms in total. The van der Waals surface area contributed by atoms with Gasteiger partial charge in [-0.1, -0.05) is 24.3 Å². The molecule has 0 radical (unpaired) electrons. The van der Waals surface area contributed by atoms with Crippen LogP contribution in [-0.4, -0.2) is 31.9 Å². The summed E-state index contributed by atoms with van der Waals surface area (Å²) in [5.41, 5.74) is 0.867. The molecule has 0 aliphatic carbocycles. The van der Waals surface area contributed by atoms with Crippen LogP contribution in [0.15, 0.2) is 41.8 Å². The predicted octanol–water partition coefficient (Wildman–Crippen LogP) is 2.17. The number of sulfone groups is 1. The summed E-state index contributed by atoms with van der Waals surface area (Å²) in [6.45, 7) is 7.99. The monoisotopic (exact) mass is 340 g/mol. The number of hydrogen-bond acceptors (Lipinski definition) is 6. The number of aryl methyl sites for hydroxylation is 1. The smallest absolute Gasteiger partial charge is 0.311 e. The summed E-state index contributed by atoms with van der Waals surface area (Å²) in [6.07, 6.45) is 0.278. The van der Waals surface area contributed by atoms with Crippen LogP contribution in [0.25, 0.3) is 0 Å². The van der Waals surface area contributed by atoms with Gasteiger partial charge in [0.1, 0.15) is 6.42 Å². The molecule has 0 saturated carbocycles. The Kier molecular flexibility index (Phi) is 6.09. The van der Waals surface area contributed by atoms with Gasteiger partial charge in [0.25, 0.3) is 0 Å². The molecule has 1 atom stereocenters. The summed E-state index contributed by atoms with van der Waals surface area (Å²) in [5.74, 6) is -1.64. The van der Waals surface area contributed by atoms with Crippen LogP contribution in [0.3, 0.4) is 0 Å². The van der Waals surface area contributed by atoms with Crippen molar-refractivity contribution >= 4 is 21.8 Å². The first-order valence-electron chi connectivity index (χ1n) is 6.98. The Bertz CT molecular complexity index is 690. The topological polar surface area (TPSA) is 86.7 Å². The molecule has 0 aliphatic heterocycles. The molecule has 0 bridgehead atoms. The summed E-state index contributed by atoms with van der Waals surface area (Å²) in [5, 5.41) is 0. The van der Waals surface area contributed by atoms with E-state index in [2.05, 4.69) is 6.58 Å². The fourth-order valence-electron chi connectivity index (χ4n) is 1.98. The molecule has 0 fully saturated rings. The van der Waals surface area contributed by atoms with Gasteiger partial charge in [0.15, 0.2) is 0 Å². The second-order valence-electron chi connectivity index (χ2n) is 4.91. The number of hydrogen-bond donors (Lipinski definition) is 0. The highest BCUT2D eigenvalue weighted by Gasteiger charge is 2.47. The molecule has 1 rings (SSSR count). The molecule has 0 heterocycles. The lowest BCUT2D eigenvalue weighted by atomic mass is 10.2. The third kappa shape index (κ3) is 4.19. The molecule has 0 saturated heterocycles. The van der Waals surface area contributed by atoms with Crippen molar-refractivity contribution in [3.05, 3.63) is 42.5 Å². The first-order valence-corrected chi connectivity index (χ1v) is 8.47. The maximum atomic E-state index is 12.9. The van der Waals surface area contributed by atoms with Gasteiger partial charge in [0, 0.05) is 6.92 Å². The molecule has 126 valence electrons. The van der Waals surface area contributed by atoms with Gasteiger partial charge >= 0.3 is 11.9 Å². The lowest BCUT2D eigenvalue weighted by Crippen LogP contribution is -2.43. The summed E-state index contributed by atoms with van der Waals surface area (Å²) < 4.78 is 35.6. The highest BCUT2D eigenvalue weighted by Crippen LogP contribution is 2.32. The van der Waals surface area contributed by atoms with Gasteiger partial charge < -0.3 is 9.47 Å². The second kappa shape index (κ2) is 7.41. The number of ether oxygens (including phenoxy) is 2. The van der Waals surface area contributed by atoms with Crippen molar-refractivity contribution in [1.29, 1.82) is 0 Å². The van der Waals surface area contributed by atoms with Crippen molar-refractivity contribution < 1.29 is 27.5 Å². The van der Waals surface area contributed by atoms with Gasteiger partial charge in [-0.15, -0.1) is 0 Å². The highest BCUT2D eigenvalue weighted by atomic mass is 32.2. The van der Waals surface area contributed by atoms with E-state index < -0.39 is 33.1 Å². The van der Waals surface area contributed by atoms with Crippen LogP contribution < -0.4 is 0 Å². The fraction of sp³-hybridized carbons (Fsp3) is 0.375. The summed E-state index contributed by atoms with van der Waals surface area (Å²) >= 11 is 0. The summed E-state index contributed by atoms with van der Waals surface area (Å²) in [7, 11) is -4.20.